The molecule has 1 aromatic heterocycles. The van der Waals surface area contributed by atoms with Crippen LogP contribution in [0.15, 0.2) is 72.8 Å². The molecule has 0 bridgehead atoms. The number of ether oxygens (including phenoxy) is 1. The van der Waals surface area contributed by atoms with E-state index >= 15 is 0 Å². The molecule has 5 rings (SSSR count). The second-order valence-corrected chi connectivity index (χ2v) is 7.91. The van der Waals surface area contributed by atoms with Crippen molar-refractivity contribution in [3.63, 3.8) is 0 Å². The number of hydrogen-bond donors (Lipinski definition) is 1. The molecule has 0 saturated carbocycles. The van der Waals surface area contributed by atoms with Crippen LogP contribution in [0.3, 0.4) is 0 Å². The number of para-hydroxylation sites is 2. The van der Waals surface area contributed by atoms with Crippen LogP contribution in [0.1, 0.15) is 29.7 Å². The molecule has 3 aromatic carbocycles. The SMILES string of the molecule is COc1ccccc1-c1cc(C)cc(-n2c3c(c4ccccc42)/C=C\CC/C=C\3)c1O. The van der Waals surface area contributed by atoms with Crippen molar-refractivity contribution >= 4 is 23.1 Å². The molecular weight excluding hydrogens is 382 g/mol. The topological polar surface area (TPSA) is 34.4 Å². The number of aryl methyl sites for hydroxylation is 1. The summed E-state index contributed by atoms with van der Waals surface area (Å²) < 4.78 is 7.76. The molecule has 0 saturated heterocycles. The molecule has 0 aliphatic heterocycles. The Kier molecular flexibility index (Phi) is 4.87. The predicted octanol–water partition coefficient (Wildman–Crippen LogP) is 7.14. The first kappa shape index (κ1) is 19.3. The fourth-order valence-electron chi connectivity index (χ4n) is 4.47. The van der Waals surface area contributed by atoms with Gasteiger partial charge >= 0.3 is 0 Å². The second kappa shape index (κ2) is 7.84. The highest BCUT2D eigenvalue weighted by Gasteiger charge is 2.21. The first-order valence-electron chi connectivity index (χ1n) is 10.6. The van der Waals surface area contributed by atoms with Crippen LogP contribution in [0.4, 0.5) is 0 Å². The maximum absolute atomic E-state index is 11.5. The van der Waals surface area contributed by atoms with Crippen molar-refractivity contribution in [1.29, 1.82) is 0 Å². The Morgan fingerprint density at radius 1 is 0.871 bits per heavy atom. The van der Waals surface area contributed by atoms with E-state index in [9.17, 15) is 5.11 Å². The molecule has 1 heterocycles. The molecule has 3 heteroatoms. The van der Waals surface area contributed by atoms with Crippen LogP contribution in [0.5, 0.6) is 11.5 Å². The minimum atomic E-state index is 0.248. The summed E-state index contributed by atoms with van der Waals surface area (Å²) in [4.78, 5) is 0. The molecule has 3 nitrogen and oxygen atoms in total. The number of hydrogen-bond acceptors (Lipinski definition) is 2. The molecule has 1 aliphatic carbocycles. The zero-order valence-electron chi connectivity index (χ0n) is 17.8. The van der Waals surface area contributed by atoms with Gasteiger partial charge in [-0.05, 0) is 55.7 Å². The maximum atomic E-state index is 11.5. The summed E-state index contributed by atoms with van der Waals surface area (Å²) in [5.74, 6) is 0.989. The van der Waals surface area contributed by atoms with Gasteiger partial charge < -0.3 is 14.4 Å². The van der Waals surface area contributed by atoms with Crippen molar-refractivity contribution in [2.75, 3.05) is 7.11 Å². The van der Waals surface area contributed by atoms with Crippen LogP contribution < -0.4 is 4.74 Å². The summed E-state index contributed by atoms with van der Waals surface area (Å²) >= 11 is 0. The third-order valence-corrected chi connectivity index (χ3v) is 5.88. The molecule has 0 radical (unpaired) electrons. The van der Waals surface area contributed by atoms with Gasteiger partial charge in [0.25, 0.3) is 0 Å². The summed E-state index contributed by atoms with van der Waals surface area (Å²) in [6.45, 7) is 2.06. The first-order chi connectivity index (χ1) is 15.2. The monoisotopic (exact) mass is 407 g/mol. The van der Waals surface area contributed by atoms with Gasteiger partial charge in [-0.1, -0.05) is 54.6 Å². The van der Waals surface area contributed by atoms with Crippen LogP contribution in [-0.2, 0) is 0 Å². The Morgan fingerprint density at radius 3 is 2.45 bits per heavy atom. The van der Waals surface area contributed by atoms with Crippen molar-refractivity contribution in [3.05, 3.63) is 89.6 Å². The standard InChI is InChI=1S/C28H25NO2/c1-19-17-23(22-13-8-10-16-27(22)31-2)28(30)26(18-19)29-24-14-6-4-3-5-11-20(24)21-12-7-9-15-25(21)29/h5-18,30H,3-4H2,1-2H3/b11-5-,14-6-. The van der Waals surface area contributed by atoms with E-state index in [2.05, 4.69) is 60.1 Å². The Labute approximate surface area is 182 Å². The number of allylic oxidation sites excluding steroid dienone is 2. The van der Waals surface area contributed by atoms with Crippen LogP contribution in [0.2, 0.25) is 0 Å². The van der Waals surface area contributed by atoms with Gasteiger partial charge in [-0.2, -0.15) is 0 Å². The smallest absolute Gasteiger partial charge is 0.147 e. The van der Waals surface area contributed by atoms with Gasteiger partial charge in [0.15, 0.2) is 0 Å². The normalized spacial score (nSPS) is 15.2. The van der Waals surface area contributed by atoms with E-state index in [0.717, 1.165) is 52.2 Å². The summed E-state index contributed by atoms with van der Waals surface area (Å²) in [5.41, 5.74) is 6.85. The zero-order valence-corrected chi connectivity index (χ0v) is 17.8. The highest BCUT2D eigenvalue weighted by Crippen LogP contribution is 2.42. The van der Waals surface area contributed by atoms with Gasteiger partial charge in [-0.25, -0.2) is 0 Å². The molecule has 0 unspecified atom stereocenters. The number of phenols is 1. The molecule has 1 aliphatic rings. The van der Waals surface area contributed by atoms with E-state index in [4.69, 9.17) is 4.74 Å². The van der Waals surface area contributed by atoms with Gasteiger partial charge in [0.2, 0.25) is 0 Å². The van der Waals surface area contributed by atoms with Gasteiger partial charge in [-0.3, -0.25) is 0 Å². The van der Waals surface area contributed by atoms with E-state index in [1.54, 1.807) is 7.11 Å². The number of nitrogens with zero attached hydrogens (tertiary/aromatic N) is 1. The third kappa shape index (κ3) is 3.23. The molecule has 1 N–H and O–H groups in total. The average Bonchev–Trinajstić information content (AvgIpc) is 3.07. The number of aromatic nitrogens is 1. The highest BCUT2D eigenvalue weighted by molar-refractivity contribution is 5.96. The lowest BCUT2D eigenvalue weighted by molar-refractivity contribution is 0.415. The van der Waals surface area contributed by atoms with Crippen molar-refractivity contribution in [2.45, 2.75) is 19.8 Å². The van der Waals surface area contributed by atoms with Crippen LogP contribution in [0, 0.1) is 6.92 Å². The number of rotatable bonds is 3. The number of methoxy groups -OCH3 is 1. The minimum absolute atomic E-state index is 0.248. The lowest BCUT2D eigenvalue weighted by atomic mass is 9.99. The largest absolute Gasteiger partial charge is 0.505 e. The highest BCUT2D eigenvalue weighted by atomic mass is 16.5. The number of aromatic hydroxyl groups is 1. The second-order valence-electron chi connectivity index (χ2n) is 7.91. The summed E-state index contributed by atoms with van der Waals surface area (Å²) in [7, 11) is 1.66. The number of benzene rings is 3. The Bertz CT molecular complexity index is 1340. The van der Waals surface area contributed by atoms with Crippen molar-refractivity contribution in [2.24, 2.45) is 0 Å². The molecular formula is C28H25NO2. The fourth-order valence-corrected chi connectivity index (χ4v) is 4.47. The summed E-state index contributed by atoms with van der Waals surface area (Å²) in [5, 5.41) is 12.7. The van der Waals surface area contributed by atoms with E-state index < -0.39 is 0 Å². The molecule has 0 spiro atoms. The van der Waals surface area contributed by atoms with E-state index in [0.29, 0.717) is 0 Å². The van der Waals surface area contributed by atoms with Crippen LogP contribution in [0.25, 0.3) is 39.9 Å². The van der Waals surface area contributed by atoms with Gasteiger partial charge in [-0.15, -0.1) is 0 Å². The van der Waals surface area contributed by atoms with Gasteiger partial charge in [0, 0.05) is 22.1 Å². The molecule has 0 amide bonds. The van der Waals surface area contributed by atoms with Crippen molar-refractivity contribution in [1.82, 2.24) is 4.57 Å². The van der Waals surface area contributed by atoms with Crippen molar-refractivity contribution < 1.29 is 9.84 Å². The van der Waals surface area contributed by atoms with Crippen LogP contribution in [-0.4, -0.2) is 16.8 Å². The quantitative estimate of drug-likeness (QED) is 0.392. The third-order valence-electron chi connectivity index (χ3n) is 5.88. The summed E-state index contributed by atoms with van der Waals surface area (Å²) in [6, 6.07) is 20.3. The first-order valence-corrected chi connectivity index (χ1v) is 10.6. The number of phenolic OH excluding ortho intramolecular Hbond substituents is 1. The van der Waals surface area contributed by atoms with E-state index in [1.807, 2.05) is 36.4 Å². The van der Waals surface area contributed by atoms with E-state index in [1.165, 1.54) is 10.9 Å². The zero-order chi connectivity index (χ0) is 21.4. The Hall–Kier alpha value is -3.72. The Balaban J connectivity index is 1.85. The van der Waals surface area contributed by atoms with E-state index in [-0.39, 0.29) is 5.75 Å². The maximum Gasteiger partial charge on any atom is 0.147 e. The van der Waals surface area contributed by atoms with Gasteiger partial charge in [0.1, 0.15) is 11.5 Å². The minimum Gasteiger partial charge on any atom is -0.505 e. The molecule has 0 fully saturated rings. The average molecular weight is 408 g/mol. The Morgan fingerprint density at radius 2 is 1.61 bits per heavy atom. The van der Waals surface area contributed by atoms with Crippen molar-refractivity contribution in [3.8, 4) is 28.3 Å². The number of fused-ring (bicyclic) bond motifs is 3. The molecule has 154 valence electrons. The van der Waals surface area contributed by atoms with Gasteiger partial charge in [0.05, 0.1) is 24.0 Å². The molecule has 4 aromatic rings. The molecule has 0 atom stereocenters. The predicted molar refractivity (Wildman–Crippen MR) is 129 cm³/mol. The lowest BCUT2D eigenvalue weighted by Crippen LogP contribution is -2.00. The van der Waals surface area contributed by atoms with Crippen LogP contribution >= 0.6 is 0 Å². The lowest BCUT2D eigenvalue weighted by Gasteiger charge is -2.17. The fraction of sp³-hybridized carbons (Fsp3) is 0.143. The summed E-state index contributed by atoms with van der Waals surface area (Å²) in [6.07, 6.45) is 10.9. The molecule has 31 heavy (non-hydrogen) atoms.